The van der Waals surface area contributed by atoms with E-state index < -0.39 is 0 Å². The van der Waals surface area contributed by atoms with E-state index in [4.69, 9.17) is 14.2 Å². The third-order valence-corrected chi connectivity index (χ3v) is 4.22. The van der Waals surface area contributed by atoms with Gasteiger partial charge >= 0.3 is 0 Å². The highest BCUT2D eigenvalue weighted by molar-refractivity contribution is 6.05. The lowest BCUT2D eigenvalue weighted by atomic mass is 10.1. The molecule has 5 heteroatoms. The molecule has 3 rings (SSSR count). The van der Waals surface area contributed by atoms with Crippen molar-refractivity contribution in [3.8, 4) is 17.2 Å². The Kier molecular flexibility index (Phi) is 6.17. The highest BCUT2D eigenvalue weighted by Crippen LogP contribution is 2.39. The quantitative estimate of drug-likeness (QED) is 0.640. The minimum atomic E-state index is -0.253. The van der Waals surface area contributed by atoms with Crippen molar-refractivity contribution in [2.75, 3.05) is 19.5 Å². The summed E-state index contributed by atoms with van der Waals surface area (Å²) in [7, 11) is 3.07. The van der Waals surface area contributed by atoms with Crippen molar-refractivity contribution >= 4 is 11.6 Å². The second kappa shape index (κ2) is 8.95. The van der Waals surface area contributed by atoms with Crippen LogP contribution in [0.2, 0.25) is 0 Å². The van der Waals surface area contributed by atoms with E-state index in [2.05, 4.69) is 5.32 Å². The molecule has 5 nitrogen and oxygen atoms in total. The molecule has 3 aromatic rings. The highest BCUT2D eigenvalue weighted by atomic mass is 16.5. The lowest BCUT2D eigenvalue weighted by Crippen LogP contribution is -2.13. The van der Waals surface area contributed by atoms with E-state index in [0.29, 0.717) is 29.4 Å². The number of hydrogen-bond acceptors (Lipinski definition) is 4. The van der Waals surface area contributed by atoms with Crippen LogP contribution in [0.15, 0.2) is 66.7 Å². The second-order valence-electron chi connectivity index (χ2n) is 6.31. The first-order valence-electron chi connectivity index (χ1n) is 8.91. The molecule has 0 heterocycles. The third-order valence-electron chi connectivity index (χ3n) is 4.22. The molecule has 1 N–H and O–H groups in total. The molecule has 0 aliphatic carbocycles. The molecule has 28 heavy (non-hydrogen) atoms. The van der Waals surface area contributed by atoms with Gasteiger partial charge in [-0.15, -0.1) is 0 Å². The van der Waals surface area contributed by atoms with Crippen LogP contribution in [-0.4, -0.2) is 20.1 Å². The maximum absolute atomic E-state index is 12.7. The topological polar surface area (TPSA) is 56.8 Å². The molecular formula is C23H23NO4. The summed E-state index contributed by atoms with van der Waals surface area (Å²) < 4.78 is 16.8. The van der Waals surface area contributed by atoms with Gasteiger partial charge in [-0.25, -0.2) is 0 Å². The fourth-order valence-electron chi connectivity index (χ4n) is 2.81. The van der Waals surface area contributed by atoms with E-state index in [1.807, 2.05) is 61.5 Å². The van der Waals surface area contributed by atoms with Gasteiger partial charge in [-0.2, -0.15) is 0 Å². The number of rotatable bonds is 7. The first-order valence-corrected chi connectivity index (χ1v) is 8.91. The molecule has 144 valence electrons. The maximum atomic E-state index is 12.7. The first-order chi connectivity index (χ1) is 13.6. The molecule has 0 bridgehead atoms. The van der Waals surface area contributed by atoms with Gasteiger partial charge in [-0.1, -0.05) is 42.5 Å². The molecular weight excluding hydrogens is 354 g/mol. The lowest BCUT2D eigenvalue weighted by Gasteiger charge is -2.16. The number of carbonyl (C=O) groups is 1. The molecule has 3 aromatic carbocycles. The van der Waals surface area contributed by atoms with E-state index in [9.17, 15) is 4.79 Å². The average Bonchev–Trinajstić information content (AvgIpc) is 2.72. The van der Waals surface area contributed by atoms with Gasteiger partial charge in [0.05, 0.1) is 14.2 Å². The van der Waals surface area contributed by atoms with Crippen LogP contribution in [0.1, 0.15) is 21.5 Å². The van der Waals surface area contributed by atoms with Gasteiger partial charge in [0.15, 0.2) is 11.5 Å². The van der Waals surface area contributed by atoms with Gasteiger partial charge in [0.2, 0.25) is 5.75 Å². The van der Waals surface area contributed by atoms with Gasteiger partial charge < -0.3 is 19.5 Å². The van der Waals surface area contributed by atoms with E-state index >= 15 is 0 Å². The Hall–Kier alpha value is -3.47. The normalized spacial score (nSPS) is 10.2. The molecule has 0 atom stereocenters. The van der Waals surface area contributed by atoms with Crippen molar-refractivity contribution in [2.45, 2.75) is 13.5 Å². The molecule has 1 amide bonds. The molecule has 0 aromatic heterocycles. The Morgan fingerprint density at radius 1 is 0.893 bits per heavy atom. The molecule has 0 saturated carbocycles. The smallest absolute Gasteiger partial charge is 0.255 e. The van der Waals surface area contributed by atoms with Crippen LogP contribution in [0.4, 0.5) is 5.69 Å². The molecule has 0 unspecified atom stereocenters. The van der Waals surface area contributed by atoms with Crippen molar-refractivity contribution in [3.63, 3.8) is 0 Å². The summed E-state index contributed by atoms with van der Waals surface area (Å²) in [5.74, 6) is 1.08. The Labute approximate surface area is 164 Å². The van der Waals surface area contributed by atoms with E-state index in [1.165, 1.54) is 14.2 Å². The number of ether oxygens (including phenoxy) is 3. The van der Waals surface area contributed by atoms with Gasteiger partial charge in [-0.3, -0.25) is 4.79 Å². The van der Waals surface area contributed by atoms with Crippen LogP contribution in [0.5, 0.6) is 17.2 Å². The Bertz CT molecular complexity index is 929. The molecule has 0 radical (unpaired) electrons. The van der Waals surface area contributed by atoms with Crippen LogP contribution in [-0.2, 0) is 6.61 Å². The lowest BCUT2D eigenvalue weighted by molar-refractivity contribution is 0.102. The van der Waals surface area contributed by atoms with Crippen LogP contribution in [0.3, 0.4) is 0 Å². The Morgan fingerprint density at radius 2 is 1.57 bits per heavy atom. The first kappa shape index (κ1) is 19.3. The van der Waals surface area contributed by atoms with Gasteiger partial charge in [0.1, 0.15) is 6.61 Å². The number of hydrogen-bond donors (Lipinski definition) is 1. The van der Waals surface area contributed by atoms with Crippen molar-refractivity contribution in [1.29, 1.82) is 0 Å². The Balaban J connectivity index is 1.84. The summed E-state index contributed by atoms with van der Waals surface area (Å²) in [6.45, 7) is 2.34. The number of anilines is 1. The molecule has 0 saturated heterocycles. The number of nitrogens with one attached hydrogen (secondary N) is 1. The molecule has 0 aliphatic rings. The van der Waals surface area contributed by atoms with Crippen molar-refractivity contribution < 1.29 is 19.0 Å². The molecule has 0 aliphatic heterocycles. The fraction of sp³-hybridized carbons (Fsp3) is 0.174. The van der Waals surface area contributed by atoms with Crippen LogP contribution in [0.25, 0.3) is 0 Å². The zero-order valence-corrected chi connectivity index (χ0v) is 16.2. The second-order valence-corrected chi connectivity index (χ2v) is 6.31. The summed E-state index contributed by atoms with van der Waals surface area (Å²) in [6.07, 6.45) is 0. The summed E-state index contributed by atoms with van der Waals surface area (Å²) >= 11 is 0. The minimum absolute atomic E-state index is 0.253. The number of aryl methyl sites for hydroxylation is 1. The Morgan fingerprint density at radius 3 is 2.18 bits per heavy atom. The summed E-state index contributed by atoms with van der Waals surface area (Å²) in [5, 5.41) is 2.89. The number of amides is 1. The number of carbonyl (C=O) groups excluding carboxylic acids is 1. The van der Waals surface area contributed by atoms with Gasteiger partial charge in [-0.05, 0) is 42.3 Å². The number of methoxy groups -OCH3 is 2. The van der Waals surface area contributed by atoms with Gasteiger partial charge in [0.25, 0.3) is 5.91 Å². The molecule has 0 spiro atoms. The monoisotopic (exact) mass is 377 g/mol. The predicted molar refractivity (Wildman–Crippen MR) is 109 cm³/mol. The zero-order valence-electron chi connectivity index (χ0n) is 16.2. The summed E-state index contributed by atoms with van der Waals surface area (Å²) in [4.78, 5) is 12.7. The molecule has 0 fully saturated rings. The third kappa shape index (κ3) is 4.62. The van der Waals surface area contributed by atoms with Crippen molar-refractivity contribution in [2.24, 2.45) is 0 Å². The van der Waals surface area contributed by atoms with E-state index in [-0.39, 0.29) is 5.91 Å². The zero-order chi connectivity index (χ0) is 19.9. The maximum Gasteiger partial charge on any atom is 0.255 e. The van der Waals surface area contributed by atoms with Crippen LogP contribution in [0, 0.1) is 6.92 Å². The van der Waals surface area contributed by atoms with E-state index in [0.717, 1.165) is 16.8 Å². The number of benzene rings is 3. The average molecular weight is 377 g/mol. The minimum Gasteiger partial charge on any atom is -0.493 e. The van der Waals surface area contributed by atoms with Crippen molar-refractivity contribution in [3.05, 3.63) is 83.4 Å². The SMILES string of the molecule is COc1cc(C(=O)Nc2cccc(C)c2)cc(OC)c1OCc1ccccc1. The highest BCUT2D eigenvalue weighted by Gasteiger charge is 2.18. The van der Waals surface area contributed by atoms with Crippen molar-refractivity contribution in [1.82, 2.24) is 0 Å². The van der Waals surface area contributed by atoms with Crippen LogP contribution < -0.4 is 19.5 Å². The van der Waals surface area contributed by atoms with E-state index in [1.54, 1.807) is 12.1 Å². The largest absolute Gasteiger partial charge is 0.493 e. The fourth-order valence-corrected chi connectivity index (χ4v) is 2.81. The standard InChI is InChI=1S/C23H23NO4/c1-16-8-7-11-19(12-16)24-23(25)18-13-20(26-2)22(21(14-18)27-3)28-15-17-9-5-4-6-10-17/h4-14H,15H2,1-3H3,(H,24,25). The van der Waals surface area contributed by atoms with Crippen LogP contribution >= 0.6 is 0 Å². The summed E-state index contributed by atoms with van der Waals surface area (Å²) in [5.41, 5.74) is 3.24. The summed E-state index contributed by atoms with van der Waals surface area (Å²) in [6, 6.07) is 20.7. The predicted octanol–water partition coefficient (Wildman–Crippen LogP) is 4.84. The van der Waals surface area contributed by atoms with Gasteiger partial charge in [0, 0.05) is 11.3 Å².